The van der Waals surface area contributed by atoms with E-state index in [1.54, 1.807) is 37.4 Å². The maximum Gasteiger partial charge on any atom is 0.339 e. The molecule has 38 heavy (non-hydrogen) atoms. The van der Waals surface area contributed by atoms with E-state index in [9.17, 15) is 9.59 Å². The van der Waals surface area contributed by atoms with Crippen LogP contribution in [0.2, 0.25) is 0 Å². The van der Waals surface area contributed by atoms with E-state index in [2.05, 4.69) is 15.8 Å². The third kappa shape index (κ3) is 7.03. The van der Waals surface area contributed by atoms with Crippen molar-refractivity contribution in [1.82, 2.24) is 10.3 Å². The predicted molar refractivity (Wildman–Crippen MR) is 146 cm³/mol. The molecule has 2 N–H and O–H groups in total. The van der Waals surface area contributed by atoms with Crippen molar-refractivity contribution < 1.29 is 23.8 Å². The molecule has 0 aromatic heterocycles. The average molecular weight is 517 g/mol. The second kappa shape index (κ2) is 13.1. The van der Waals surface area contributed by atoms with Crippen molar-refractivity contribution in [1.29, 1.82) is 0 Å². The Morgan fingerprint density at radius 3 is 2.37 bits per heavy atom. The molecule has 9 heteroatoms. The minimum atomic E-state index is -0.499. The number of amides is 3. The highest BCUT2D eigenvalue weighted by Crippen LogP contribution is 2.28. The Hall–Kier alpha value is -4.53. The van der Waals surface area contributed by atoms with E-state index in [-0.39, 0.29) is 5.91 Å². The molecule has 198 valence electrons. The monoisotopic (exact) mass is 516 g/mol. The van der Waals surface area contributed by atoms with Gasteiger partial charge in [0.25, 0.3) is 5.91 Å². The zero-order valence-corrected chi connectivity index (χ0v) is 21.6. The van der Waals surface area contributed by atoms with Crippen LogP contribution in [0.25, 0.3) is 0 Å². The van der Waals surface area contributed by atoms with Crippen LogP contribution < -0.4 is 25.0 Å². The van der Waals surface area contributed by atoms with Gasteiger partial charge in [-0.05, 0) is 72.9 Å². The fourth-order valence-corrected chi connectivity index (χ4v) is 4.13. The number of likely N-dealkylation sites (tertiary alicyclic amines) is 1. The molecule has 3 aromatic carbocycles. The summed E-state index contributed by atoms with van der Waals surface area (Å²) in [7, 11) is 3.09. The lowest BCUT2D eigenvalue weighted by Crippen LogP contribution is -2.35. The molecule has 1 aliphatic rings. The van der Waals surface area contributed by atoms with Crippen molar-refractivity contribution in [3.05, 3.63) is 83.4 Å². The third-order valence-electron chi connectivity index (χ3n) is 6.16. The second-order valence-electron chi connectivity index (χ2n) is 8.77. The van der Waals surface area contributed by atoms with Gasteiger partial charge in [-0.1, -0.05) is 24.3 Å². The van der Waals surface area contributed by atoms with E-state index < -0.39 is 6.03 Å². The lowest BCUT2D eigenvalue weighted by Gasteiger charge is -2.26. The number of benzene rings is 3. The lowest BCUT2D eigenvalue weighted by molar-refractivity contribution is 0.0724. The molecule has 1 heterocycles. The molecule has 0 unspecified atom stereocenters. The number of carbonyl (C=O) groups excluding carboxylic acids is 2. The minimum Gasteiger partial charge on any atom is -0.495 e. The Morgan fingerprint density at radius 2 is 1.63 bits per heavy atom. The number of ether oxygens (including phenoxy) is 3. The summed E-state index contributed by atoms with van der Waals surface area (Å²) in [4.78, 5) is 26.7. The quantitative estimate of drug-likeness (QED) is 0.306. The van der Waals surface area contributed by atoms with E-state index in [0.717, 1.165) is 31.5 Å². The molecule has 3 amide bonds. The molecule has 4 rings (SSSR count). The number of methoxy groups -OCH3 is 2. The first-order valence-corrected chi connectivity index (χ1v) is 12.5. The van der Waals surface area contributed by atoms with Gasteiger partial charge in [-0.2, -0.15) is 5.10 Å². The number of nitrogens with zero attached hydrogens (tertiary/aromatic N) is 2. The van der Waals surface area contributed by atoms with Crippen LogP contribution in [0.1, 0.15) is 40.7 Å². The zero-order chi connectivity index (χ0) is 26.7. The Morgan fingerprint density at radius 1 is 0.895 bits per heavy atom. The van der Waals surface area contributed by atoms with Crippen LogP contribution in [0.5, 0.6) is 17.2 Å². The summed E-state index contributed by atoms with van der Waals surface area (Å²) in [6.07, 6.45) is 4.84. The number of carbonyl (C=O) groups is 2. The number of hydrazone groups is 1. The maximum atomic E-state index is 12.7. The maximum absolute atomic E-state index is 12.7. The molecule has 0 saturated carbocycles. The summed E-state index contributed by atoms with van der Waals surface area (Å²) in [6, 6.07) is 19.5. The number of urea groups is 1. The van der Waals surface area contributed by atoms with Crippen LogP contribution in [0, 0.1) is 0 Å². The highest BCUT2D eigenvalue weighted by Gasteiger charge is 2.18. The van der Waals surface area contributed by atoms with Crippen molar-refractivity contribution in [2.75, 3.05) is 32.6 Å². The van der Waals surface area contributed by atoms with Crippen molar-refractivity contribution in [2.24, 2.45) is 5.10 Å². The molecule has 0 aliphatic carbocycles. The number of nitrogens with one attached hydrogen (secondary N) is 2. The van der Waals surface area contributed by atoms with E-state index in [0.29, 0.717) is 40.7 Å². The highest BCUT2D eigenvalue weighted by atomic mass is 16.5. The first-order chi connectivity index (χ1) is 18.6. The van der Waals surface area contributed by atoms with E-state index >= 15 is 0 Å². The van der Waals surface area contributed by atoms with Gasteiger partial charge in [0.2, 0.25) is 0 Å². The Kier molecular flexibility index (Phi) is 9.17. The molecule has 0 atom stereocenters. The van der Waals surface area contributed by atoms with Crippen LogP contribution in [-0.2, 0) is 6.61 Å². The average Bonchev–Trinajstić information content (AvgIpc) is 2.97. The summed E-state index contributed by atoms with van der Waals surface area (Å²) in [6.45, 7) is 1.99. The summed E-state index contributed by atoms with van der Waals surface area (Å²) in [5.41, 5.74) is 5.32. The highest BCUT2D eigenvalue weighted by molar-refractivity contribution is 5.94. The Labute approximate surface area is 222 Å². The lowest BCUT2D eigenvalue weighted by atomic mass is 10.1. The van der Waals surface area contributed by atoms with E-state index in [1.165, 1.54) is 19.7 Å². The van der Waals surface area contributed by atoms with Gasteiger partial charge < -0.3 is 24.4 Å². The van der Waals surface area contributed by atoms with Crippen molar-refractivity contribution in [3.8, 4) is 17.2 Å². The van der Waals surface area contributed by atoms with Crippen LogP contribution in [0.4, 0.5) is 10.5 Å². The van der Waals surface area contributed by atoms with Gasteiger partial charge in [0, 0.05) is 18.7 Å². The molecule has 0 bridgehead atoms. The van der Waals surface area contributed by atoms with Crippen molar-refractivity contribution in [2.45, 2.75) is 25.9 Å². The summed E-state index contributed by atoms with van der Waals surface area (Å²) in [5.74, 6) is 1.74. The number of rotatable bonds is 9. The van der Waals surface area contributed by atoms with Gasteiger partial charge in [-0.3, -0.25) is 4.79 Å². The van der Waals surface area contributed by atoms with Crippen molar-refractivity contribution >= 4 is 23.8 Å². The number of hydrogen-bond acceptors (Lipinski definition) is 6. The summed E-state index contributed by atoms with van der Waals surface area (Å²) >= 11 is 0. The number of anilines is 1. The van der Waals surface area contributed by atoms with Gasteiger partial charge in [0.1, 0.15) is 12.4 Å². The predicted octanol–water partition coefficient (Wildman–Crippen LogP) is 5.06. The molecule has 9 nitrogen and oxygen atoms in total. The van der Waals surface area contributed by atoms with Crippen LogP contribution >= 0.6 is 0 Å². The standard InChI is InChI=1S/C29H32N4O5/c1-36-25-9-5-4-8-24(25)31-29(35)32-30-19-22-12-15-26(27(18-22)37-2)38-20-21-10-13-23(14-11-21)28(34)33-16-6-3-7-17-33/h4-5,8-15,18-19H,3,6-7,16-17,20H2,1-2H3,(H2,31,32,35)/b30-19+. The topological polar surface area (TPSA) is 101 Å². The van der Waals surface area contributed by atoms with Crippen LogP contribution in [-0.4, -0.2) is 50.4 Å². The molecular formula is C29H32N4O5. The molecule has 0 spiro atoms. The smallest absolute Gasteiger partial charge is 0.339 e. The number of para-hydroxylation sites is 2. The number of piperidine rings is 1. The van der Waals surface area contributed by atoms with Gasteiger partial charge in [0.15, 0.2) is 11.5 Å². The molecule has 3 aromatic rings. The zero-order valence-electron chi connectivity index (χ0n) is 21.6. The fourth-order valence-electron chi connectivity index (χ4n) is 4.13. The SMILES string of the molecule is COc1ccccc1NC(=O)N/N=C/c1ccc(OCc2ccc(C(=O)N3CCCCC3)cc2)c(OC)c1. The summed E-state index contributed by atoms with van der Waals surface area (Å²) < 4.78 is 16.7. The van der Waals surface area contributed by atoms with Gasteiger partial charge in [-0.15, -0.1) is 0 Å². The van der Waals surface area contributed by atoms with Gasteiger partial charge in [-0.25, -0.2) is 10.2 Å². The van der Waals surface area contributed by atoms with Crippen molar-refractivity contribution in [3.63, 3.8) is 0 Å². The largest absolute Gasteiger partial charge is 0.495 e. The Bertz CT molecular complexity index is 1270. The second-order valence-corrected chi connectivity index (χ2v) is 8.77. The first-order valence-electron chi connectivity index (χ1n) is 12.5. The Balaban J connectivity index is 1.30. The molecule has 1 saturated heterocycles. The molecular weight excluding hydrogens is 484 g/mol. The van der Waals surface area contributed by atoms with E-state index in [1.807, 2.05) is 41.3 Å². The first kappa shape index (κ1) is 26.5. The molecule has 1 fully saturated rings. The van der Waals surface area contributed by atoms with Gasteiger partial charge >= 0.3 is 6.03 Å². The van der Waals surface area contributed by atoms with Gasteiger partial charge in [0.05, 0.1) is 26.1 Å². The number of hydrogen-bond donors (Lipinski definition) is 2. The molecule has 0 radical (unpaired) electrons. The normalized spacial score (nSPS) is 13.2. The molecule has 1 aliphatic heterocycles. The van der Waals surface area contributed by atoms with Crippen LogP contribution in [0.3, 0.4) is 0 Å². The van der Waals surface area contributed by atoms with Crippen LogP contribution in [0.15, 0.2) is 71.8 Å². The fraction of sp³-hybridized carbons (Fsp3) is 0.276. The third-order valence-corrected chi connectivity index (χ3v) is 6.16. The summed E-state index contributed by atoms with van der Waals surface area (Å²) in [5, 5.41) is 6.68. The van der Waals surface area contributed by atoms with E-state index in [4.69, 9.17) is 14.2 Å². The minimum absolute atomic E-state index is 0.0860.